The van der Waals surface area contributed by atoms with Crippen LogP contribution in [0.15, 0.2) is 24.3 Å². The fourth-order valence-corrected chi connectivity index (χ4v) is 1.77. The Morgan fingerprint density at radius 1 is 1.22 bits per heavy atom. The van der Waals surface area contributed by atoms with Gasteiger partial charge in [0.2, 0.25) is 0 Å². The van der Waals surface area contributed by atoms with Gasteiger partial charge < -0.3 is 10.6 Å². The maximum atomic E-state index is 12.5. The third-order valence-electron chi connectivity index (χ3n) is 2.65. The standard InChI is InChI=1S/C13H19F3N2/c1-3-8-18(9-13(14,15)16)12-6-4-11(5-7-12)10(2)17/h4-7,10H,3,8-9,17H2,1-2H3. The van der Waals surface area contributed by atoms with Crippen LogP contribution in [0.25, 0.3) is 0 Å². The maximum Gasteiger partial charge on any atom is 0.405 e. The van der Waals surface area contributed by atoms with Crippen LogP contribution in [0.5, 0.6) is 0 Å². The van der Waals surface area contributed by atoms with Crippen molar-refractivity contribution in [2.24, 2.45) is 5.73 Å². The van der Waals surface area contributed by atoms with Gasteiger partial charge in [-0.1, -0.05) is 19.1 Å². The zero-order valence-corrected chi connectivity index (χ0v) is 10.7. The molecule has 5 heteroatoms. The molecule has 0 radical (unpaired) electrons. The summed E-state index contributed by atoms with van der Waals surface area (Å²) in [7, 11) is 0. The molecule has 102 valence electrons. The summed E-state index contributed by atoms with van der Waals surface area (Å²) in [6.45, 7) is 3.17. The van der Waals surface area contributed by atoms with Gasteiger partial charge in [0, 0.05) is 18.3 Å². The molecule has 0 aliphatic rings. The number of halogens is 3. The van der Waals surface area contributed by atoms with Gasteiger partial charge in [0.1, 0.15) is 6.54 Å². The summed E-state index contributed by atoms with van der Waals surface area (Å²) in [5.74, 6) is 0. The second-order valence-electron chi connectivity index (χ2n) is 4.42. The largest absolute Gasteiger partial charge is 0.405 e. The Labute approximate surface area is 106 Å². The summed E-state index contributed by atoms with van der Waals surface area (Å²) in [6, 6.07) is 6.83. The van der Waals surface area contributed by atoms with Crippen molar-refractivity contribution >= 4 is 5.69 Å². The van der Waals surface area contributed by atoms with Gasteiger partial charge in [-0.05, 0) is 31.0 Å². The van der Waals surface area contributed by atoms with Crippen molar-refractivity contribution < 1.29 is 13.2 Å². The summed E-state index contributed by atoms with van der Waals surface area (Å²) in [5, 5.41) is 0. The van der Waals surface area contributed by atoms with Crippen LogP contribution in [-0.4, -0.2) is 19.3 Å². The highest BCUT2D eigenvalue weighted by atomic mass is 19.4. The van der Waals surface area contributed by atoms with Crippen LogP contribution >= 0.6 is 0 Å². The van der Waals surface area contributed by atoms with Crippen LogP contribution in [0.1, 0.15) is 31.9 Å². The molecule has 0 aromatic heterocycles. The maximum absolute atomic E-state index is 12.5. The summed E-state index contributed by atoms with van der Waals surface area (Å²) < 4.78 is 37.4. The Morgan fingerprint density at radius 3 is 2.17 bits per heavy atom. The quantitative estimate of drug-likeness (QED) is 0.878. The van der Waals surface area contributed by atoms with E-state index < -0.39 is 12.7 Å². The van der Waals surface area contributed by atoms with E-state index in [0.717, 1.165) is 5.56 Å². The summed E-state index contributed by atoms with van der Waals surface area (Å²) in [4.78, 5) is 1.34. The number of rotatable bonds is 5. The first-order chi connectivity index (χ1) is 8.33. The third-order valence-corrected chi connectivity index (χ3v) is 2.65. The summed E-state index contributed by atoms with van der Waals surface area (Å²) in [6.07, 6.45) is -3.51. The van der Waals surface area contributed by atoms with Crippen molar-refractivity contribution in [3.05, 3.63) is 29.8 Å². The van der Waals surface area contributed by atoms with Crippen LogP contribution < -0.4 is 10.6 Å². The van der Waals surface area contributed by atoms with Crippen LogP contribution in [0.2, 0.25) is 0 Å². The van der Waals surface area contributed by atoms with E-state index in [9.17, 15) is 13.2 Å². The van der Waals surface area contributed by atoms with Crippen molar-refractivity contribution in [3.63, 3.8) is 0 Å². The van der Waals surface area contributed by atoms with Crippen LogP contribution in [0.3, 0.4) is 0 Å². The number of alkyl halides is 3. The molecule has 1 unspecified atom stereocenters. The van der Waals surface area contributed by atoms with E-state index in [1.807, 2.05) is 13.8 Å². The molecule has 1 aromatic rings. The van der Waals surface area contributed by atoms with E-state index in [2.05, 4.69) is 0 Å². The molecule has 0 heterocycles. The number of hydrogen-bond acceptors (Lipinski definition) is 2. The molecule has 0 saturated heterocycles. The summed E-state index contributed by atoms with van der Waals surface area (Å²) in [5.41, 5.74) is 7.21. The average molecular weight is 260 g/mol. The van der Waals surface area contributed by atoms with E-state index in [1.165, 1.54) is 4.90 Å². The van der Waals surface area contributed by atoms with Gasteiger partial charge in [-0.3, -0.25) is 0 Å². The highest BCUT2D eigenvalue weighted by molar-refractivity contribution is 5.48. The van der Waals surface area contributed by atoms with Crippen molar-refractivity contribution in [1.82, 2.24) is 0 Å². The van der Waals surface area contributed by atoms with Gasteiger partial charge in [-0.25, -0.2) is 0 Å². The smallest absolute Gasteiger partial charge is 0.363 e. The molecule has 0 aliphatic heterocycles. The molecule has 1 rings (SSSR count). The molecule has 0 amide bonds. The first kappa shape index (κ1) is 14.8. The van der Waals surface area contributed by atoms with Crippen molar-refractivity contribution in [2.75, 3.05) is 18.0 Å². The lowest BCUT2D eigenvalue weighted by Crippen LogP contribution is -2.34. The van der Waals surface area contributed by atoms with Crippen molar-refractivity contribution in [1.29, 1.82) is 0 Å². The van der Waals surface area contributed by atoms with Gasteiger partial charge in [-0.15, -0.1) is 0 Å². The molecule has 2 N–H and O–H groups in total. The van der Waals surface area contributed by atoms with E-state index >= 15 is 0 Å². The first-order valence-corrected chi connectivity index (χ1v) is 6.00. The predicted molar refractivity (Wildman–Crippen MR) is 67.6 cm³/mol. The molecular formula is C13H19F3N2. The Balaban J connectivity index is 2.85. The fraction of sp³-hybridized carbons (Fsp3) is 0.538. The number of nitrogens with zero attached hydrogens (tertiary/aromatic N) is 1. The second-order valence-corrected chi connectivity index (χ2v) is 4.42. The topological polar surface area (TPSA) is 29.3 Å². The minimum Gasteiger partial charge on any atom is -0.363 e. The van der Waals surface area contributed by atoms with E-state index in [-0.39, 0.29) is 6.04 Å². The lowest BCUT2D eigenvalue weighted by Gasteiger charge is -2.25. The van der Waals surface area contributed by atoms with Crippen molar-refractivity contribution in [2.45, 2.75) is 32.5 Å². The van der Waals surface area contributed by atoms with Gasteiger partial charge >= 0.3 is 6.18 Å². The highest BCUT2D eigenvalue weighted by Crippen LogP contribution is 2.23. The lowest BCUT2D eigenvalue weighted by atomic mass is 10.1. The zero-order chi connectivity index (χ0) is 13.8. The third kappa shape index (κ3) is 4.56. The Hall–Kier alpha value is -1.23. The monoisotopic (exact) mass is 260 g/mol. The Kier molecular flexibility index (Phi) is 5.02. The van der Waals surface area contributed by atoms with E-state index in [4.69, 9.17) is 5.73 Å². The molecule has 0 saturated carbocycles. The Morgan fingerprint density at radius 2 is 1.78 bits per heavy atom. The average Bonchev–Trinajstić information content (AvgIpc) is 2.27. The highest BCUT2D eigenvalue weighted by Gasteiger charge is 2.30. The number of benzene rings is 1. The molecule has 1 aromatic carbocycles. The van der Waals surface area contributed by atoms with Crippen LogP contribution in [0.4, 0.5) is 18.9 Å². The number of anilines is 1. The zero-order valence-electron chi connectivity index (χ0n) is 10.7. The van der Waals surface area contributed by atoms with E-state index in [1.54, 1.807) is 24.3 Å². The van der Waals surface area contributed by atoms with Gasteiger partial charge in [0.25, 0.3) is 0 Å². The van der Waals surface area contributed by atoms with Crippen LogP contribution in [0, 0.1) is 0 Å². The molecule has 0 aliphatic carbocycles. The summed E-state index contributed by atoms with van der Waals surface area (Å²) >= 11 is 0. The number of hydrogen-bond donors (Lipinski definition) is 1. The molecular weight excluding hydrogens is 241 g/mol. The molecule has 0 spiro atoms. The lowest BCUT2D eigenvalue weighted by molar-refractivity contribution is -0.119. The minimum atomic E-state index is -4.19. The molecule has 0 fully saturated rings. The van der Waals surface area contributed by atoms with E-state index in [0.29, 0.717) is 18.7 Å². The normalized spacial score (nSPS) is 13.4. The molecule has 0 bridgehead atoms. The second kappa shape index (κ2) is 6.09. The van der Waals surface area contributed by atoms with Crippen LogP contribution in [-0.2, 0) is 0 Å². The number of nitrogens with two attached hydrogens (primary N) is 1. The minimum absolute atomic E-state index is 0.110. The molecule has 18 heavy (non-hydrogen) atoms. The Bertz CT molecular complexity index is 357. The molecule has 1 atom stereocenters. The van der Waals surface area contributed by atoms with Crippen molar-refractivity contribution in [3.8, 4) is 0 Å². The SMILES string of the molecule is CCCN(CC(F)(F)F)c1ccc(C(C)N)cc1. The molecule has 2 nitrogen and oxygen atoms in total. The van der Waals surface area contributed by atoms with Gasteiger partial charge in [0.15, 0.2) is 0 Å². The van der Waals surface area contributed by atoms with Gasteiger partial charge in [-0.2, -0.15) is 13.2 Å². The first-order valence-electron chi connectivity index (χ1n) is 6.00. The van der Waals surface area contributed by atoms with Gasteiger partial charge in [0.05, 0.1) is 0 Å². The predicted octanol–water partition coefficient (Wildman–Crippen LogP) is 3.49. The fourth-order valence-electron chi connectivity index (χ4n) is 1.77.